The molecule has 0 saturated carbocycles. The topological polar surface area (TPSA) is 44.5 Å². The van der Waals surface area contributed by atoms with Crippen LogP contribution in [0.4, 0.5) is 0 Å². The first kappa shape index (κ1) is 22.1. The average molecular weight is 473 g/mol. The predicted octanol–water partition coefficient (Wildman–Crippen LogP) is 5.40. The monoisotopic (exact) mass is 472 g/mol. The Bertz CT molecular complexity index is 1010. The van der Waals surface area contributed by atoms with Gasteiger partial charge in [-0.05, 0) is 87.8 Å². The van der Waals surface area contributed by atoms with Crippen molar-refractivity contribution in [2.24, 2.45) is 0 Å². The summed E-state index contributed by atoms with van der Waals surface area (Å²) in [5.74, 6) is 0.879. The van der Waals surface area contributed by atoms with E-state index >= 15 is 0 Å². The number of nitrogens with zero attached hydrogens (tertiary/aromatic N) is 3. The molecule has 2 aromatic heterocycles. The Kier molecular flexibility index (Phi) is 7.17. The van der Waals surface area contributed by atoms with Crippen molar-refractivity contribution in [3.05, 3.63) is 77.3 Å². The number of thiocarbonyl (C=S) groups is 1. The number of nitrogens with one attached hydrogen (secondary N) is 1. The van der Waals surface area contributed by atoms with E-state index in [-0.39, 0.29) is 12.1 Å². The molecule has 0 unspecified atom stereocenters. The highest BCUT2D eigenvalue weighted by molar-refractivity contribution is 7.99. The van der Waals surface area contributed by atoms with Crippen LogP contribution in [-0.2, 0) is 0 Å². The highest BCUT2D eigenvalue weighted by atomic mass is 35.5. The fraction of sp³-hybridized carbons (Fsp3) is 0.304. The molecule has 4 rings (SSSR count). The predicted molar refractivity (Wildman–Crippen MR) is 130 cm³/mol. The zero-order valence-corrected chi connectivity index (χ0v) is 19.9. The van der Waals surface area contributed by atoms with Gasteiger partial charge >= 0.3 is 0 Å². The van der Waals surface area contributed by atoms with Crippen molar-refractivity contribution < 1.29 is 4.42 Å². The molecule has 31 heavy (non-hydrogen) atoms. The minimum Gasteiger partial charge on any atom is -0.452 e. The summed E-state index contributed by atoms with van der Waals surface area (Å²) < 4.78 is 6.31. The van der Waals surface area contributed by atoms with E-state index in [1.165, 1.54) is 0 Å². The van der Waals surface area contributed by atoms with Crippen LogP contribution in [0.3, 0.4) is 0 Å². The molecule has 1 fully saturated rings. The molecule has 0 bridgehead atoms. The molecule has 5 nitrogen and oxygen atoms in total. The summed E-state index contributed by atoms with van der Waals surface area (Å²) in [4.78, 5) is 10.1. The lowest BCUT2D eigenvalue weighted by molar-refractivity contribution is 0.249. The number of benzene rings is 1. The molecule has 0 amide bonds. The molecule has 0 spiro atoms. The first-order valence-electron chi connectivity index (χ1n) is 10.2. The van der Waals surface area contributed by atoms with Gasteiger partial charge in [-0.2, -0.15) is 0 Å². The normalized spacial score (nSPS) is 18.6. The van der Waals surface area contributed by atoms with Gasteiger partial charge < -0.3 is 19.5 Å². The molecule has 3 aromatic rings. The van der Waals surface area contributed by atoms with Gasteiger partial charge in [0.1, 0.15) is 11.8 Å². The van der Waals surface area contributed by atoms with Crippen LogP contribution >= 0.6 is 35.6 Å². The summed E-state index contributed by atoms with van der Waals surface area (Å²) in [5, 5.41) is 5.77. The lowest BCUT2D eigenvalue weighted by atomic mass is 10.0. The maximum atomic E-state index is 6.31. The summed E-state index contributed by atoms with van der Waals surface area (Å²) in [6.07, 6.45) is 2.82. The molecule has 1 N–H and O–H groups in total. The largest absolute Gasteiger partial charge is 0.452 e. The first-order chi connectivity index (χ1) is 15.0. The Morgan fingerprint density at radius 3 is 2.68 bits per heavy atom. The standard InChI is InChI=1S/C23H25ClN4OS2/c1-27(2)14-5-15-28-22(21(26-23(28)30)18-6-3-4-13-25-18)19-11-12-20(29-19)31-17-9-7-16(24)8-10-17/h3-4,6-13,21-22H,5,14-15H2,1-2H3,(H,26,30)/t21-,22-/m0/s1. The van der Waals surface area contributed by atoms with Gasteiger partial charge in [-0.1, -0.05) is 29.4 Å². The number of hydrogen-bond acceptors (Lipinski definition) is 5. The van der Waals surface area contributed by atoms with Crippen LogP contribution in [-0.4, -0.2) is 47.1 Å². The number of rotatable bonds is 8. The van der Waals surface area contributed by atoms with E-state index < -0.39 is 0 Å². The van der Waals surface area contributed by atoms with Crippen LogP contribution in [0, 0.1) is 0 Å². The summed E-state index contributed by atoms with van der Waals surface area (Å²) in [6, 6.07) is 17.7. The van der Waals surface area contributed by atoms with Crippen molar-refractivity contribution in [1.82, 2.24) is 20.1 Å². The minimum absolute atomic E-state index is 0.0517. The molecule has 1 saturated heterocycles. The van der Waals surface area contributed by atoms with Crippen molar-refractivity contribution in [2.45, 2.75) is 28.5 Å². The van der Waals surface area contributed by atoms with Crippen molar-refractivity contribution in [3.63, 3.8) is 0 Å². The first-order valence-corrected chi connectivity index (χ1v) is 11.8. The van der Waals surface area contributed by atoms with Gasteiger partial charge in [0, 0.05) is 22.7 Å². The maximum Gasteiger partial charge on any atom is 0.170 e. The van der Waals surface area contributed by atoms with Gasteiger partial charge in [-0.3, -0.25) is 4.98 Å². The van der Waals surface area contributed by atoms with Gasteiger partial charge in [-0.25, -0.2) is 0 Å². The van der Waals surface area contributed by atoms with Gasteiger partial charge in [0.15, 0.2) is 10.2 Å². The fourth-order valence-corrected chi connectivity index (χ4v) is 4.92. The van der Waals surface area contributed by atoms with Crippen molar-refractivity contribution >= 4 is 40.7 Å². The number of hydrogen-bond donors (Lipinski definition) is 1. The Balaban J connectivity index is 1.59. The highest BCUT2D eigenvalue weighted by Gasteiger charge is 2.41. The third-order valence-corrected chi connectivity index (χ3v) is 6.66. The Morgan fingerprint density at radius 2 is 1.97 bits per heavy atom. The lowest BCUT2D eigenvalue weighted by Crippen LogP contribution is -2.32. The molecular weight excluding hydrogens is 448 g/mol. The van der Waals surface area contributed by atoms with E-state index in [0.717, 1.165) is 51.1 Å². The van der Waals surface area contributed by atoms with Crippen molar-refractivity contribution in [1.29, 1.82) is 0 Å². The zero-order chi connectivity index (χ0) is 21.8. The Hall–Kier alpha value is -2.06. The molecule has 0 aliphatic carbocycles. The summed E-state index contributed by atoms with van der Waals surface area (Å²) in [7, 11) is 4.17. The van der Waals surface area contributed by atoms with Crippen LogP contribution < -0.4 is 5.32 Å². The van der Waals surface area contributed by atoms with E-state index in [1.54, 1.807) is 11.8 Å². The quantitative estimate of drug-likeness (QED) is 0.440. The van der Waals surface area contributed by atoms with Crippen molar-refractivity contribution in [3.8, 4) is 0 Å². The molecule has 1 aromatic carbocycles. The van der Waals surface area contributed by atoms with Gasteiger partial charge in [-0.15, -0.1) is 0 Å². The number of pyridine rings is 1. The lowest BCUT2D eigenvalue weighted by Gasteiger charge is -2.26. The van der Waals surface area contributed by atoms with Gasteiger partial charge in [0.05, 0.1) is 11.7 Å². The zero-order valence-electron chi connectivity index (χ0n) is 17.5. The van der Waals surface area contributed by atoms with Crippen LogP contribution in [0.15, 0.2) is 75.2 Å². The molecule has 162 valence electrons. The van der Waals surface area contributed by atoms with Gasteiger partial charge in [0.25, 0.3) is 0 Å². The van der Waals surface area contributed by atoms with E-state index in [9.17, 15) is 0 Å². The van der Waals surface area contributed by atoms with Crippen LogP contribution in [0.1, 0.15) is 30.0 Å². The maximum absolute atomic E-state index is 6.31. The van der Waals surface area contributed by atoms with Crippen LogP contribution in [0.2, 0.25) is 5.02 Å². The molecule has 1 aliphatic heterocycles. The van der Waals surface area contributed by atoms with E-state index in [0.29, 0.717) is 0 Å². The Labute approximate surface area is 197 Å². The third kappa shape index (κ3) is 5.41. The van der Waals surface area contributed by atoms with E-state index in [4.69, 9.17) is 28.2 Å². The molecular formula is C23H25ClN4OS2. The second-order valence-corrected chi connectivity index (χ2v) is 9.59. The van der Waals surface area contributed by atoms with Gasteiger partial charge in [0.2, 0.25) is 0 Å². The fourth-order valence-electron chi connectivity index (χ4n) is 3.68. The molecule has 1 aliphatic rings. The SMILES string of the molecule is CN(C)CCCN1C(=S)N[C@@H](c2ccccn2)[C@@H]1c1ccc(Sc2ccc(Cl)cc2)o1. The molecule has 8 heteroatoms. The van der Waals surface area contributed by atoms with Crippen LogP contribution in [0.5, 0.6) is 0 Å². The third-order valence-electron chi connectivity index (χ3n) is 5.13. The minimum atomic E-state index is -0.0624. The number of furan rings is 1. The van der Waals surface area contributed by atoms with Crippen molar-refractivity contribution in [2.75, 3.05) is 27.2 Å². The Morgan fingerprint density at radius 1 is 1.16 bits per heavy atom. The summed E-state index contributed by atoms with van der Waals surface area (Å²) >= 11 is 13.3. The second-order valence-electron chi connectivity index (χ2n) is 7.69. The average Bonchev–Trinajstić information content (AvgIpc) is 3.34. The second kappa shape index (κ2) is 10.0. The summed E-state index contributed by atoms with van der Waals surface area (Å²) in [6.45, 7) is 1.84. The molecule has 2 atom stereocenters. The summed E-state index contributed by atoms with van der Waals surface area (Å²) in [5.41, 5.74) is 0.952. The highest BCUT2D eigenvalue weighted by Crippen LogP contribution is 2.41. The smallest absolute Gasteiger partial charge is 0.170 e. The van der Waals surface area contributed by atoms with Crippen LogP contribution in [0.25, 0.3) is 0 Å². The molecule has 0 radical (unpaired) electrons. The van der Waals surface area contributed by atoms with E-state index in [2.05, 4.69) is 34.2 Å². The number of halogens is 1. The molecule has 3 heterocycles. The number of aromatic nitrogens is 1. The van der Waals surface area contributed by atoms with E-state index in [1.807, 2.05) is 60.8 Å².